The van der Waals surface area contributed by atoms with E-state index in [4.69, 9.17) is 9.47 Å². The molecule has 0 N–H and O–H groups in total. The molecule has 1 heterocycles. The number of carbonyl (C=O) groups excluding carboxylic acids is 1. The largest absolute Gasteiger partial charge is 0.495 e. The van der Waals surface area contributed by atoms with Gasteiger partial charge >= 0.3 is 5.97 Å². The number of benzene rings is 3. The molecule has 3 aromatic carbocycles. The van der Waals surface area contributed by atoms with Gasteiger partial charge in [-0.1, -0.05) is 48.5 Å². The number of hydrogen-bond donors (Lipinski definition) is 0. The van der Waals surface area contributed by atoms with Crippen LogP contribution in [0.15, 0.2) is 48.5 Å². The number of fused-ring (bicyclic) bond motifs is 2. The summed E-state index contributed by atoms with van der Waals surface area (Å²) in [6, 6.07) is 16.6. The highest BCUT2D eigenvalue weighted by Gasteiger charge is 2.27. The summed E-state index contributed by atoms with van der Waals surface area (Å²) in [4.78, 5) is 11.8. The third-order valence-electron chi connectivity index (χ3n) is 4.51. The van der Waals surface area contributed by atoms with Crippen molar-refractivity contribution >= 4 is 39.3 Å². The zero-order valence-electron chi connectivity index (χ0n) is 13.5. The second-order valence-corrected chi connectivity index (χ2v) is 7.05. The van der Waals surface area contributed by atoms with E-state index in [-0.39, 0.29) is 11.2 Å². The van der Waals surface area contributed by atoms with Gasteiger partial charge < -0.3 is 9.47 Å². The summed E-state index contributed by atoms with van der Waals surface area (Å²) >= 11 is 1.67. The van der Waals surface area contributed by atoms with Gasteiger partial charge in [0.1, 0.15) is 11.0 Å². The highest BCUT2D eigenvalue weighted by Crippen LogP contribution is 2.40. The first-order valence-corrected chi connectivity index (χ1v) is 9.09. The van der Waals surface area contributed by atoms with Crippen LogP contribution in [0, 0.1) is 0 Å². The summed E-state index contributed by atoms with van der Waals surface area (Å²) in [5.41, 5.74) is 1.26. The van der Waals surface area contributed by atoms with E-state index >= 15 is 0 Å². The molecule has 4 heteroatoms. The quantitative estimate of drug-likeness (QED) is 0.516. The Balaban J connectivity index is 1.87. The number of hydrogen-bond acceptors (Lipinski definition) is 4. The first-order valence-electron chi connectivity index (χ1n) is 8.04. The van der Waals surface area contributed by atoms with Crippen LogP contribution in [-0.2, 0) is 15.3 Å². The highest BCUT2D eigenvalue weighted by atomic mass is 32.2. The van der Waals surface area contributed by atoms with Crippen molar-refractivity contribution < 1.29 is 14.3 Å². The number of carbonyl (C=O) groups is 1. The Morgan fingerprint density at radius 1 is 1.04 bits per heavy atom. The number of thioether (sulfide) groups is 1. The monoisotopic (exact) mass is 338 g/mol. The lowest BCUT2D eigenvalue weighted by atomic mass is 9.96. The van der Waals surface area contributed by atoms with E-state index in [1.54, 1.807) is 18.9 Å². The third kappa shape index (κ3) is 2.51. The maximum absolute atomic E-state index is 11.8. The lowest BCUT2D eigenvalue weighted by Gasteiger charge is -2.16. The van der Waals surface area contributed by atoms with E-state index in [9.17, 15) is 4.79 Å². The van der Waals surface area contributed by atoms with E-state index in [2.05, 4.69) is 36.4 Å². The molecule has 1 aliphatic heterocycles. The SMILES string of the molecule is COc1c2ccccc2c(CSC2CCOC2=O)c2ccccc12. The Morgan fingerprint density at radius 2 is 1.62 bits per heavy atom. The molecule has 0 amide bonds. The number of esters is 1. The number of rotatable bonds is 4. The molecular weight excluding hydrogens is 320 g/mol. The average Bonchev–Trinajstić information content (AvgIpc) is 3.03. The van der Waals surface area contributed by atoms with Crippen LogP contribution in [0.25, 0.3) is 21.5 Å². The van der Waals surface area contributed by atoms with Gasteiger partial charge in [-0.2, -0.15) is 0 Å². The lowest BCUT2D eigenvalue weighted by Crippen LogP contribution is -2.09. The molecule has 1 fully saturated rings. The van der Waals surface area contributed by atoms with Gasteiger partial charge in [0.15, 0.2) is 0 Å². The van der Waals surface area contributed by atoms with Gasteiger partial charge in [-0.05, 0) is 16.3 Å². The molecule has 4 rings (SSSR count). The van der Waals surface area contributed by atoms with Gasteiger partial charge in [-0.3, -0.25) is 4.79 Å². The Labute approximate surface area is 144 Å². The Hall–Kier alpha value is -2.20. The third-order valence-corrected chi connectivity index (χ3v) is 5.80. The Kier molecular flexibility index (Phi) is 4.07. The van der Waals surface area contributed by atoms with E-state index in [1.807, 2.05) is 12.1 Å². The van der Waals surface area contributed by atoms with Crippen LogP contribution in [0.3, 0.4) is 0 Å². The molecule has 122 valence electrons. The minimum atomic E-state index is -0.0814. The fourth-order valence-corrected chi connectivity index (χ4v) is 4.51. The van der Waals surface area contributed by atoms with Gasteiger partial charge in [0.2, 0.25) is 0 Å². The molecule has 1 aliphatic rings. The summed E-state index contributed by atoms with van der Waals surface area (Å²) in [6.07, 6.45) is 0.801. The molecule has 0 saturated carbocycles. The van der Waals surface area contributed by atoms with Crippen molar-refractivity contribution in [2.24, 2.45) is 0 Å². The first-order chi connectivity index (χ1) is 11.8. The first kappa shape index (κ1) is 15.3. The normalized spacial score (nSPS) is 17.4. The maximum atomic E-state index is 11.8. The summed E-state index contributed by atoms with van der Waals surface area (Å²) in [5, 5.41) is 4.55. The number of cyclic esters (lactones) is 1. The van der Waals surface area contributed by atoms with Crippen LogP contribution in [0.5, 0.6) is 5.75 Å². The van der Waals surface area contributed by atoms with Crippen LogP contribution in [0.4, 0.5) is 0 Å². The molecule has 0 aromatic heterocycles. The Bertz CT molecular complexity index is 862. The highest BCUT2D eigenvalue weighted by molar-refractivity contribution is 7.99. The van der Waals surface area contributed by atoms with Crippen molar-refractivity contribution in [2.75, 3.05) is 13.7 Å². The minimum Gasteiger partial charge on any atom is -0.495 e. The van der Waals surface area contributed by atoms with Gasteiger partial charge in [0, 0.05) is 22.9 Å². The average molecular weight is 338 g/mol. The van der Waals surface area contributed by atoms with Crippen LogP contribution < -0.4 is 4.74 Å². The summed E-state index contributed by atoms with van der Waals surface area (Å²) in [7, 11) is 1.72. The number of methoxy groups -OCH3 is 1. The van der Waals surface area contributed by atoms with E-state index < -0.39 is 0 Å². The van der Waals surface area contributed by atoms with Crippen molar-refractivity contribution in [3.63, 3.8) is 0 Å². The lowest BCUT2D eigenvalue weighted by molar-refractivity contribution is -0.137. The zero-order valence-corrected chi connectivity index (χ0v) is 14.3. The molecule has 1 atom stereocenters. The van der Waals surface area contributed by atoms with E-state index in [1.165, 1.54) is 16.3 Å². The van der Waals surface area contributed by atoms with Crippen molar-refractivity contribution in [3.05, 3.63) is 54.1 Å². The number of ether oxygens (including phenoxy) is 2. The molecule has 24 heavy (non-hydrogen) atoms. The van der Waals surface area contributed by atoms with Crippen molar-refractivity contribution in [3.8, 4) is 5.75 Å². The van der Waals surface area contributed by atoms with Gasteiger partial charge in [-0.15, -0.1) is 11.8 Å². The molecule has 0 bridgehead atoms. The minimum absolute atomic E-state index is 0.0513. The van der Waals surface area contributed by atoms with Crippen LogP contribution in [0.1, 0.15) is 12.0 Å². The van der Waals surface area contributed by atoms with Crippen molar-refractivity contribution in [2.45, 2.75) is 17.4 Å². The van der Waals surface area contributed by atoms with Crippen LogP contribution in [-0.4, -0.2) is 24.9 Å². The molecule has 0 aliphatic carbocycles. The van der Waals surface area contributed by atoms with Gasteiger partial charge in [0.05, 0.1) is 13.7 Å². The van der Waals surface area contributed by atoms with E-state index in [0.29, 0.717) is 6.61 Å². The Morgan fingerprint density at radius 3 is 2.12 bits per heavy atom. The fourth-order valence-electron chi connectivity index (χ4n) is 3.37. The molecule has 3 aromatic rings. The fraction of sp³-hybridized carbons (Fsp3) is 0.250. The topological polar surface area (TPSA) is 35.5 Å². The van der Waals surface area contributed by atoms with Crippen molar-refractivity contribution in [1.82, 2.24) is 0 Å². The van der Waals surface area contributed by atoms with Gasteiger partial charge in [-0.25, -0.2) is 0 Å². The summed E-state index contributed by atoms with van der Waals surface area (Å²) in [5.74, 6) is 1.61. The predicted octanol–water partition coefficient (Wildman–Crippen LogP) is 4.55. The van der Waals surface area contributed by atoms with Crippen LogP contribution >= 0.6 is 11.8 Å². The second-order valence-electron chi connectivity index (χ2n) is 5.86. The van der Waals surface area contributed by atoms with Crippen molar-refractivity contribution in [1.29, 1.82) is 0 Å². The molecule has 1 unspecified atom stereocenters. The zero-order chi connectivity index (χ0) is 16.5. The summed E-state index contributed by atoms with van der Waals surface area (Å²) < 4.78 is 10.8. The van der Waals surface area contributed by atoms with Gasteiger partial charge in [0.25, 0.3) is 0 Å². The molecule has 1 saturated heterocycles. The predicted molar refractivity (Wildman–Crippen MR) is 98.7 cm³/mol. The summed E-state index contributed by atoms with van der Waals surface area (Å²) in [6.45, 7) is 0.542. The molecule has 0 spiro atoms. The smallest absolute Gasteiger partial charge is 0.319 e. The molecule has 3 nitrogen and oxygen atoms in total. The molecule has 0 radical (unpaired) electrons. The van der Waals surface area contributed by atoms with Crippen LogP contribution in [0.2, 0.25) is 0 Å². The second kappa shape index (κ2) is 6.36. The standard InChI is InChI=1S/C20H18O3S/c1-22-19-15-8-4-2-6-13(15)17(14-7-3-5-9-16(14)19)12-24-18-10-11-23-20(18)21/h2-9,18H,10-12H2,1H3. The molecular formula is C20H18O3S. The van der Waals surface area contributed by atoms with E-state index in [0.717, 1.165) is 28.7 Å². The maximum Gasteiger partial charge on any atom is 0.319 e.